The molecule has 1 aromatic carbocycles. The zero-order valence-electron chi connectivity index (χ0n) is 9.99. The Morgan fingerprint density at radius 2 is 2.18 bits per heavy atom. The number of nitrogens with one attached hydrogen (secondary N) is 2. The van der Waals surface area contributed by atoms with Gasteiger partial charge in [0.15, 0.2) is 5.82 Å². The minimum absolute atomic E-state index is 0.127. The number of rotatable bonds is 5. The largest absolute Gasteiger partial charge is 0.349 e. The molecule has 0 aliphatic rings. The SMILES string of the molecule is CCCCCNC(=O)c1nc2ccccc2[nH]1. The topological polar surface area (TPSA) is 57.8 Å². The first-order chi connectivity index (χ1) is 8.31. The quantitative estimate of drug-likeness (QED) is 0.777. The number of aromatic nitrogens is 2. The zero-order chi connectivity index (χ0) is 12.1. The third-order valence-corrected chi connectivity index (χ3v) is 2.67. The monoisotopic (exact) mass is 231 g/mol. The van der Waals surface area contributed by atoms with Gasteiger partial charge < -0.3 is 10.3 Å². The van der Waals surface area contributed by atoms with Gasteiger partial charge in [0.1, 0.15) is 0 Å². The van der Waals surface area contributed by atoms with Crippen molar-refractivity contribution in [3.8, 4) is 0 Å². The van der Waals surface area contributed by atoms with Crippen LogP contribution in [-0.4, -0.2) is 22.4 Å². The van der Waals surface area contributed by atoms with Gasteiger partial charge >= 0.3 is 0 Å². The van der Waals surface area contributed by atoms with Crippen molar-refractivity contribution in [1.29, 1.82) is 0 Å². The van der Waals surface area contributed by atoms with E-state index in [0.717, 1.165) is 30.3 Å². The van der Waals surface area contributed by atoms with Crippen molar-refractivity contribution in [2.24, 2.45) is 0 Å². The van der Waals surface area contributed by atoms with Crippen molar-refractivity contribution in [2.75, 3.05) is 6.54 Å². The molecule has 4 heteroatoms. The van der Waals surface area contributed by atoms with E-state index >= 15 is 0 Å². The number of H-pyrrole nitrogens is 1. The summed E-state index contributed by atoms with van der Waals surface area (Å²) in [5.41, 5.74) is 1.72. The van der Waals surface area contributed by atoms with Crippen LogP contribution in [0.1, 0.15) is 36.8 Å². The second-order valence-electron chi connectivity index (χ2n) is 4.07. The number of carbonyl (C=O) groups is 1. The van der Waals surface area contributed by atoms with Crippen molar-refractivity contribution in [3.63, 3.8) is 0 Å². The highest BCUT2D eigenvalue weighted by atomic mass is 16.2. The number of benzene rings is 1. The number of unbranched alkanes of at least 4 members (excludes halogenated alkanes) is 2. The molecule has 0 radical (unpaired) electrons. The molecule has 0 bridgehead atoms. The van der Waals surface area contributed by atoms with Crippen LogP contribution in [0.25, 0.3) is 11.0 Å². The Balaban J connectivity index is 1.99. The first-order valence-electron chi connectivity index (χ1n) is 6.04. The van der Waals surface area contributed by atoms with Gasteiger partial charge in [-0.2, -0.15) is 0 Å². The van der Waals surface area contributed by atoms with Gasteiger partial charge in [-0.1, -0.05) is 31.9 Å². The minimum atomic E-state index is -0.127. The van der Waals surface area contributed by atoms with E-state index in [9.17, 15) is 4.79 Å². The molecular formula is C13H17N3O. The summed E-state index contributed by atoms with van der Waals surface area (Å²) < 4.78 is 0. The van der Waals surface area contributed by atoms with E-state index in [0.29, 0.717) is 12.4 Å². The first kappa shape index (κ1) is 11.6. The highest BCUT2D eigenvalue weighted by Crippen LogP contribution is 2.09. The summed E-state index contributed by atoms with van der Waals surface area (Å²) in [6, 6.07) is 7.63. The summed E-state index contributed by atoms with van der Waals surface area (Å²) in [5.74, 6) is 0.264. The van der Waals surface area contributed by atoms with Gasteiger partial charge in [0, 0.05) is 6.54 Å². The lowest BCUT2D eigenvalue weighted by Gasteiger charge is -2.01. The number of para-hydroxylation sites is 2. The Morgan fingerprint density at radius 3 is 2.94 bits per heavy atom. The van der Waals surface area contributed by atoms with E-state index in [1.807, 2.05) is 24.3 Å². The fourth-order valence-electron chi connectivity index (χ4n) is 1.72. The van der Waals surface area contributed by atoms with E-state index in [-0.39, 0.29) is 5.91 Å². The van der Waals surface area contributed by atoms with Gasteiger partial charge in [0.2, 0.25) is 0 Å². The predicted molar refractivity (Wildman–Crippen MR) is 68.0 cm³/mol. The normalized spacial score (nSPS) is 10.6. The number of imidazole rings is 1. The number of aromatic amines is 1. The predicted octanol–water partition coefficient (Wildman–Crippen LogP) is 2.48. The van der Waals surface area contributed by atoms with E-state index in [1.165, 1.54) is 0 Å². The summed E-state index contributed by atoms with van der Waals surface area (Å²) in [7, 11) is 0. The summed E-state index contributed by atoms with van der Waals surface area (Å²) >= 11 is 0. The fraction of sp³-hybridized carbons (Fsp3) is 0.385. The van der Waals surface area contributed by atoms with E-state index < -0.39 is 0 Å². The van der Waals surface area contributed by atoms with Crippen LogP contribution >= 0.6 is 0 Å². The summed E-state index contributed by atoms with van der Waals surface area (Å²) in [5, 5.41) is 2.86. The molecule has 4 nitrogen and oxygen atoms in total. The van der Waals surface area contributed by atoms with Crippen LogP contribution in [0.15, 0.2) is 24.3 Å². The van der Waals surface area contributed by atoms with Crippen LogP contribution in [0, 0.1) is 0 Å². The first-order valence-corrected chi connectivity index (χ1v) is 6.04. The Morgan fingerprint density at radius 1 is 1.35 bits per heavy atom. The Bertz CT molecular complexity index is 471. The molecule has 0 spiro atoms. The van der Waals surface area contributed by atoms with Crippen LogP contribution in [0.2, 0.25) is 0 Å². The van der Waals surface area contributed by atoms with Crippen molar-refractivity contribution < 1.29 is 4.79 Å². The van der Waals surface area contributed by atoms with Crippen LogP contribution in [0.3, 0.4) is 0 Å². The molecule has 0 unspecified atom stereocenters. The van der Waals surface area contributed by atoms with Crippen LogP contribution in [0.5, 0.6) is 0 Å². The summed E-state index contributed by atoms with van der Waals surface area (Å²) in [4.78, 5) is 19.0. The van der Waals surface area contributed by atoms with Crippen molar-refractivity contribution in [2.45, 2.75) is 26.2 Å². The van der Waals surface area contributed by atoms with Crippen LogP contribution < -0.4 is 5.32 Å². The molecule has 1 aromatic heterocycles. The number of hydrogen-bond acceptors (Lipinski definition) is 2. The summed E-state index contributed by atoms with van der Waals surface area (Å²) in [6.07, 6.45) is 3.31. The number of nitrogens with zero attached hydrogens (tertiary/aromatic N) is 1. The van der Waals surface area contributed by atoms with Crippen LogP contribution in [-0.2, 0) is 0 Å². The molecular weight excluding hydrogens is 214 g/mol. The molecule has 1 amide bonds. The van der Waals surface area contributed by atoms with Gasteiger partial charge in [-0.15, -0.1) is 0 Å². The van der Waals surface area contributed by atoms with E-state index in [1.54, 1.807) is 0 Å². The van der Waals surface area contributed by atoms with Crippen molar-refractivity contribution in [1.82, 2.24) is 15.3 Å². The fourth-order valence-corrected chi connectivity index (χ4v) is 1.72. The number of carbonyl (C=O) groups excluding carboxylic acids is 1. The molecule has 0 atom stereocenters. The Kier molecular flexibility index (Phi) is 3.75. The number of hydrogen-bond donors (Lipinski definition) is 2. The third-order valence-electron chi connectivity index (χ3n) is 2.67. The molecule has 0 aliphatic heterocycles. The molecule has 0 saturated carbocycles. The lowest BCUT2D eigenvalue weighted by Crippen LogP contribution is -2.25. The molecule has 2 rings (SSSR count). The molecule has 2 aromatic rings. The molecule has 0 saturated heterocycles. The second-order valence-corrected chi connectivity index (χ2v) is 4.07. The maximum atomic E-state index is 11.8. The van der Waals surface area contributed by atoms with Gasteiger partial charge in [-0.25, -0.2) is 4.98 Å². The van der Waals surface area contributed by atoms with Gasteiger partial charge in [0.05, 0.1) is 11.0 Å². The maximum absolute atomic E-state index is 11.8. The van der Waals surface area contributed by atoms with Gasteiger partial charge in [0.25, 0.3) is 5.91 Å². The van der Waals surface area contributed by atoms with Crippen LogP contribution in [0.4, 0.5) is 0 Å². The molecule has 17 heavy (non-hydrogen) atoms. The molecule has 0 aliphatic carbocycles. The van der Waals surface area contributed by atoms with Gasteiger partial charge in [-0.3, -0.25) is 4.79 Å². The minimum Gasteiger partial charge on any atom is -0.349 e. The van der Waals surface area contributed by atoms with Crippen molar-refractivity contribution in [3.05, 3.63) is 30.1 Å². The highest BCUT2D eigenvalue weighted by Gasteiger charge is 2.09. The Hall–Kier alpha value is -1.84. The molecule has 2 N–H and O–H groups in total. The number of amides is 1. The van der Waals surface area contributed by atoms with Crippen molar-refractivity contribution >= 4 is 16.9 Å². The lowest BCUT2D eigenvalue weighted by molar-refractivity contribution is 0.0944. The highest BCUT2D eigenvalue weighted by molar-refractivity contribution is 5.94. The molecule has 1 heterocycles. The molecule has 0 fully saturated rings. The maximum Gasteiger partial charge on any atom is 0.287 e. The lowest BCUT2D eigenvalue weighted by atomic mass is 10.2. The van der Waals surface area contributed by atoms with Gasteiger partial charge in [-0.05, 0) is 18.6 Å². The number of fused-ring (bicyclic) bond motifs is 1. The standard InChI is InChI=1S/C13H17N3O/c1-2-3-6-9-14-13(17)12-15-10-7-4-5-8-11(10)16-12/h4-5,7-8H,2-3,6,9H2,1H3,(H,14,17)(H,15,16). The third kappa shape index (κ3) is 2.84. The molecule has 90 valence electrons. The Labute approximate surface area is 100 Å². The average molecular weight is 231 g/mol. The summed E-state index contributed by atoms with van der Waals surface area (Å²) in [6.45, 7) is 2.85. The zero-order valence-corrected chi connectivity index (χ0v) is 9.99. The average Bonchev–Trinajstić information content (AvgIpc) is 2.78. The smallest absolute Gasteiger partial charge is 0.287 e. The van der Waals surface area contributed by atoms with E-state index in [2.05, 4.69) is 22.2 Å². The van der Waals surface area contributed by atoms with E-state index in [4.69, 9.17) is 0 Å². The second kappa shape index (κ2) is 5.48.